The van der Waals surface area contributed by atoms with Gasteiger partial charge in [-0.25, -0.2) is 4.79 Å². The number of ether oxygens (including phenoxy) is 2. The Morgan fingerprint density at radius 3 is 2.47 bits per heavy atom. The average molecular weight is 476 g/mol. The van der Waals surface area contributed by atoms with E-state index in [9.17, 15) is 23.1 Å². The highest BCUT2D eigenvalue weighted by Gasteiger charge is 2.26. The van der Waals surface area contributed by atoms with E-state index >= 15 is 0 Å². The standard InChI is InChI=1S/C14H23NO5.C7H8O3S.H2O/c1-2-20-14(18)11-19-9-4-3-8-15-12(10-16)6-5-7-13(15)17;1-6-2-4-7(5-3-6)11(8,9)10;/h3-4,12,16H,2,5-11H2,1H3;2-5H,1H3,(H,8,9,10);1H2/b4-3-;;/t12-;;/m1../s1. The quantitative estimate of drug-likeness (QED) is 0.230. The van der Waals surface area contributed by atoms with E-state index in [1.165, 1.54) is 12.1 Å². The van der Waals surface area contributed by atoms with Crippen LogP contribution >= 0.6 is 0 Å². The van der Waals surface area contributed by atoms with E-state index in [1.54, 1.807) is 30.0 Å². The van der Waals surface area contributed by atoms with Gasteiger partial charge in [0.25, 0.3) is 10.1 Å². The van der Waals surface area contributed by atoms with Gasteiger partial charge in [-0.05, 0) is 38.8 Å². The molecule has 1 saturated heterocycles. The third kappa shape index (κ3) is 11.3. The number of carbonyl (C=O) groups is 2. The highest BCUT2D eigenvalue weighted by molar-refractivity contribution is 7.85. The molecule has 1 atom stereocenters. The summed E-state index contributed by atoms with van der Waals surface area (Å²) in [4.78, 5) is 24.3. The van der Waals surface area contributed by atoms with E-state index in [-0.39, 0.29) is 41.5 Å². The number of amides is 1. The maximum atomic E-state index is 11.7. The van der Waals surface area contributed by atoms with Gasteiger partial charge in [-0.15, -0.1) is 0 Å². The van der Waals surface area contributed by atoms with Crippen LogP contribution in [-0.4, -0.2) is 79.3 Å². The van der Waals surface area contributed by atoms with Crippen molar-refractivity contribution < 1.29 is 42.6 Å². The minimum atomic E-state index is -4.02. The topological polar surface area (TPSA) is 162 Å². The predicted molar refractivity (Wildman–Crippen MR) is 118 cm³/mol. The van der Waals surface area contributed by atoms with Crippen molar-refractivity contribution in [1.29, 1.82) is 0 Å². The lowest BCUT2D eigenvalue weighted by molar-refractivity contribution is -0.148. The third-order valence-electron chi connectivity index (χ3n) is 4.43. The SMILES string of the molecule is CCOC(=O)COC/C=C\CN1C(=O)CCC[C@@H]1CO.Cc1ccc(S(=O)(=O)O)cc1.O. The first-order chi connectivity index (χ1) is 14.7. The van der Waals surface area contributed by atoms with Gasteiger partial charge in [-0.2, -0.15) is 8.42 Å². The van der Waals surface area contributed by atoms with Crippen molar-refractivity contribution in [3.05, 3.63) is 42.0 Å². The normalized spacial score (nSPS) is 16.2. The molecule has 2 rings (SSSR count). The molecule has 1 amide bonds. The lowest BCUT2D eigenvalue weighted by Crippen LogP contribution is -2.45. The summed E-state index contributed by atoms with van der Waals surface area (Å²) in [6.45, 7) is 4.62. The fourth-order valence-electron chi connectivity index (χ4n) is 2.81. The summed E-state index contributed by atoms with van der Waals surface area (Å²) < 4.78 is 39.4. The van der Waals surface area contributed by atoms with Crippen LogP contribution in [0.3, 0.4) is 0 Å². The Bertz CT molecular complexity index is 822. The van der Waals surface area contributed by atoms with Crippen LogP contribution in [0.1, 0.15) is 31.7 Å². The van der Waals surface area contributed by atoms with Gasteiger partial charge < -0.3 is 25.0 Å². The van der Waals surface area contributed by atoms with Gasteiger partial charge >= 0.3 is 5.97 Å². The zero-order chi connectivity index (χ0) is 23.3. The van der Waals surface area contributed by atoms with Crippen molar-refractivity contribution >= 4 is 22.0 Å². The van der Waals surface area contributed by atoms with E-state index in [0.717, 1.165) is 18.4 Å². The van der Waals surface area contributed by atoms with Gasteiger partial charge in [-0.1, -0.05) is 29.8 Å². The van der Waals surface area contributed by atoms with Crippen LogP contribution in [0.15, 0.2) is 41.3 Å². The minimum Gasteiger partial charge on any atom is -0.464 e. The number of likely N-dealkylation sites (tertiary alicyclic amines) is 1. The zero-order valence-corrected chi connectivity index (χ0v) is 19.2. The maximum absolute atomic E-state index is 11.7. The molecule has 1 fully saturated rings. The summed E-state index contributed by atoms with van der Waals surface area (Å²) in [6, 6.07) is 5.91. The summed E-state index contributed by atoms with van der Waals surface area (Å²) in [6.07, 6.45) is 5.80. The van der Waals surface area contributed by atoms with Gasteiger partial charge in [-0.3, -0.25) is 9.35 Å². The molecule has 1 aliphatic rings. The number of nitrogens with zero attached hydrogens (tertiary/aromatic N) is 1. The highest BCUT2D eigenvalue weighted by Crippen LogP contribution is 2.17. The van der Waals surface area contributed by atoms with E-state index in [2.05, 4.69) is 0 Å². The molecular weight excluding hydrogens is 442 g/mol. The number of esters is 1. The van der Waals surface area contributed by atoms with Gasteiger partial charge in [0.2, 0.25) is 5.91 Å². The summed E-state index contributed by atoms with van der Waals surface area (Å²) in [7, 11) is -4.02. The van der Waals surface area contributed by atoms with Crippen LogP contribution < -0.4 is 0 Å². The number of aryl methyl sites for hydroxylation is 1. The Labute approximate surface area is 188 Å². The molecule has 1 heterocycles. The Balaban J connectivity index is 0.000000679. The molecular formula is C21H33NO9S. The Morgan fingerprint density at radius 2 is 1.91 bits per heavy atom. The van der Waals surface area contributed by atoms with Gasteiger partial charge in [0, 0.05) is 13.0 Å². The molecule has 1 aliphatic heterocycles. The van der Waals surface area contributed by atoms with E-state index in [1.807, 2.05) is 13.0 Å². The second-order valence-corrected chi connectivity index (χ2v) is 8.28. The lowest BCUT2D eigenvalue weighted by atomic mass is 10.0. The van der Waals surface area contributed by atoms with Gasteiger partial charge in [0.1, 0.15) is 6.61 Å². The van der Waals surface area contributed by atoms with Crippen LogP contribution in [0, 0.1) is 6.92 Å². The lowest BCUT2D eigenvalue weighted by Gasteiger charge is -2.33. The molecule has 0 bridgehead atoms. The number of aliphatic hydroxyl groups is 1. The molecule has 0 aromatic heterocycles. The summed E-state index contributed by atoms with van der Waals surface area (Å²) in [5.74, 6) is -0.306. The number of rotatable bonds is 9. The van der Waals surface area contributed by atoms with Gasteiger partial charge in [0.05, 0.1) is 30.8 Å². The summed E-state index contributed by atoms with van der Waals surface area (Å²) in [5.41, 5.74) is 0.956. The molecule has 11 heteroatoms. The molecule has 4 N–H and O–H groups in total. The average Bonchev–Trinajstić information content (AvgIpc) is 2.71. The molecule has 0 spiro atoms. The fraction of sp³-hybridized carbons (Fsp3) is 0.524. The molecule has 1 aromatic carbocycles. The van der Waals surface area contributed by atoms with Crippen molar-refractivity contribution in [2.75, 3.05) is 33.0 Å². The number of hydrogen-bond donors (Lipinski definition) is 2. The molecule has 0 radical (unpaired) electrons. The fourth-order valence-corrected chi connectivity index (χ4v) is 3.29. The smallest absolute Gasteiger partial charge is 0.332 e. The first kappa shape index (κ1) is 29.7. The molecule has 32 heavy (non-hydrogen) atoms. The number of aliphatic hydroxyl groups excluding tert-OH is 1. The minimum absolute atomic E-state index is 0. The van der Waals surface area contributed by atoms with Crippen LogP contribution in [0.25, 0.3) is 0 Å². The predicted octanol–water partition coefficient (Wildman–Crippen LogP) is 0.913. The monoisotopic (exact) mass is 475 g/mol. The molecule has 1 aromatic rings. The molecule has 182 valence electrons. The largest absolute Gasteiger partial charge is 0.464 e. The number of benzene rings is 1. The van der Waals surface area contributed by atoms with Crippen molar-refractivity contribution in [2.45, 2.75) is 44.0 Å². The maximum Gasteiger partial charge on any atom is 0.332 e. The molecule has 0 aliphatic carbocycles. The second kappa shape index (κ2) is 15.5. The number of hydrogen-bond acceptors (Lipinski definition) is 7. The Morgan fingerprint density at radius 1 is 1.25 bits per heavy atom. The van der Waals surface area contributed by atoms with Crippen molar-refractivity contribution in [3.8, 4) is 0 Å². The summed E-state index contributed by atoms with van der Waals surface area (Å²) >= 11 is 0. The first-order valence-corrected chi connectivity index (χ1v) is 11.5. The van der Waals surface area contributed by atoms with Crippen molar-refractivity contribution in [1.82, 2.24) is 4.90 Å². The van der Waals surface area contributed by atoms with E-state index in [4.69, 9.17) is 14.0 Å². The third-order valence-corrected chi connectivity index (χ3v) is 5.29. The van der Waals surface area contributed by atoms with Crippen LogP contribution in [0.2, 0.25) is 0 Å². The van der Waals surface area contributed by atoms with Crippen LogP contribution in [-0.2, 0) is 29.2 Å². The Hall–Kier alpha value is -2.31. The van der Waals surface area contributed by atoms with Gasteiger partial charge in [0.15, 0.2) is 0 Å². The van der Waals surface area contributed by atoms with E-state index in [0.29, 0.717) is 26.2 Å². The highest BCUT2D eigenvalue weighted by atomic mass is 32.2. The first-order valence-electron chi connectivity index (χ1n) is 10.0. The molecule has 0 unspecified atom stereocenters. The zero-order valence-electron chi connectivity index (χ0n) is 18.4. The van der Waals surface area contributed by atoms with E-state index < -0.39 is 10.1 Å². The van der Waals surface area contributed by atoms with Crippen LogP contribution in [0.4, 0.5) is 0 Å². The van der Waals surface area contributed by atoms with Crippen LogP contribution in [0.5, 0.6) is 0 Å². The van der Waals surface area contributed by atoms with Crippen molar-refractivity contribution in [2.24, 2.45) is 0 Å². The Kier molecular flexibility index (Phi) is 14.4. The van der Waals surface area contributed by atoms with Crippen molar-refractivity contribution in [3.63, 3.8) is 0 Å². The summed E-state index contributed by atoms with van der Waals surface area (Å²) in [5, 5.41) is 9.24. The number of carbonyl (C=O) groups excluding carboxylic acids is 2. The number of piperidine rings is 1. The second-order valence-electron chi connectivity index (χ2n) is 6.85. The molecule has 10 nitrogen and oxygen atoms in total. The molecule has 0 saturated carbocycles.